The van der Waals surface area contributed by atoms with Gasteiger partial charge in [-0.25, -0.2) is 0 Å². The second kappa shape index (κ2) is 4.14. The molecule has 2 atom stereocenters. The van der Waals surface area contributed by atoms with E-state index in [1.165, 1.54) is 36.8 Å². The zero-order valence-corrected chi connectivity index (χ0v) is 8.87. The first-order valence-electron chi connectivity index (χ1n) is 5.59. The van der Waals surface area contributed by atoms with Crippen molar-refractivity contribution in [2.24, 2.45) is 5.73 Å². The smallest absolute Gasteiger partial charge is 0.0108 e. The average molecular weight is 189 g/mol. The van der Waals surface area contributed by atoms with Crippen molar-refractivity contribution in [2.75, 3.05) is 0 Å². The molecule has 1 aromatic carbocycles. The molecule has 1 aliphatic rings. The quantitative estimate of drug-likeness (QED) is 0.722. The number of hydrogen-bond acceptors (Lipinski definition) is 1. The molecule has 1 saturated carbocycles. The van der Waals surface area contributed by atoms with Crippen LogP contribution < -0.4 is 5.73 Å². The van der Waals surface area contributed by atoms with Crippen LogP contribution >= 0.6 is 0 Å². The molecule has 0 saturated heterocycles. The largest absolute Gasteiger partial charge is 0.327 e. The molecular formula is C13H19N. The van der Waals surface area contributed by atoms with Gasteiger partial charge in [0.2, 0.25) is 0 Å². The third kappa shape index (κ3) is 1.98. The van der Waals surface area contributed by atoms with E-state index in [9.17, 15) is 0 Å². The molecule has 76 valence electrons. The fraction of sp³-hybridized carbons (Fsp3) is 0.538. The predicted octanol–water partition coefficient (Wildman–Crippen LogP) is 2.98. The van der Waals surface area contributed by atoms with Crippen LogP contribution in [0.2, 0.25) is 0 Å². The molecule has 0 radical (unpaired) electrons. The van der Waals surface area contributed by atoms with Gasteiger partial charge in [-0.2, -0.15) is 0 Å². The number of aryl methyl sites for hydroxylation is 1. The summed E-state index contributed by atoms with van der Waals surface area (Å²) in [6, 6.07) is 9.25. The molecule has 1 heteroatoms. The van der Waals surface area contributed by atoms with Crippen molar-refractivity contribution in [3.8, 4) is 0 Å². The Kier molecular flexibility index (Phi) is 2.87. The van der Waals surface area contributed by atoms with Crippen molar-refractivity contribution >= 4 is 0 Å². The molecule has 2 N–H and O–H groups in total. The first-order chi connectivity index (χ1) is 6.77. The highest BCUT2D eigenvalue weighted by Gasteiger charge is 2.22. The van der Waals surface area contributed by atoms with Crippen molar-refractivity contribution < 1.29 is 0 Å². The summed E-state index contributed by atoms with van der Waals surface area (Å²) in [5.74, 6) is 0.601. The van der Waals surface area contributed by atoms with Crippen LogP contribution in [0.15, 0.2) is 24.3 Å². The van der Waals surface area contributed by atoms with Crippen LogP contribution in [-0.4, -0.2) is 6.04 Å². The van der Waals surface area contributed by atoms with Crippen LogP contribution in [0.4, 0.5) is 0 Å². The maximum Gasteiger partial charge on any atom is 0.0108 e. The second-order valence-electron chi connectivity index (χ2n) is 4.47. The van der Waals surface area contributed by atoms with E-state index in [4.69, 9.17) is 5.73 Å². The van der Waals surface area contributed by atoms with Gasteiger partial charge in [0.25, 0.3) is 0 Å². The van der Waals surface area contributed by atoms with Crippen LogP contribution in [0, 0.1) is 6.92 Å². The summed E-state index contributed by atoms with van der Waals surface area (Å²) in [6.07, 6.45) is 5.11. The lowest BCUT2D eigenvalue weighted by Crippen LogP contribution is -2.31. The fourth-order valence-electron chi connectivity index (χ4n) is 2.39. The molecule has 0 heterocycles. The van der Waals surface area contributed by atoms with Gasteiger partial charge in [0.15, 0.2) is 0 Å². The van der Waals surface area contributed by atoms with Crippen molar-refractivity contribution in [3.63, 3.8) is 0 Å². The molecule has 1 nitrogen and oxygen atoms in total. The fourth-order valence-corrected chi connectivity index (χ4v) is 2.39. The van der Waals surface area contributed by atoms with Crippen LogP contribution in [0.5, 0.6) is 0 Å². The highest BCUT2D eigenvalue weighted by atomic mass is 14.7. The third-order valence-corrected chi connectivity index (χ3v) is 3.32. The maximum absolute atomic E-state index is 6.15. The summed E-state index contributed by atoms with van der Waals surface area (Å²) in [4.78, 5) is 0. The molecule has 2 rings (SSSR count). The topological polar surface area (TPSA) is 26.0 Å². The van der Waals surface area contributed by atoms with E-state index in [0.29, 0.717) is 12.0 Å². The molecule has 14 heavy (non-hydrogen) atoms. The highest BCUT2D eigenvalue weighted by molar-refractivity contribution is 5.26. The van der Waals surface area contributed by atoms with Crippen molar-refractivity contribution in [1.29, 1.82) is 0 Å². The van der Waals surface area contributed by atoms with Crippen LogP contribution in [0.1, 0.15) is 42.7 Å². The maximum atomic E-state index is 6.15. The van der Waals surface area contributed by atoms with E-state index in [1.54, 1.807) is 0 Å². The van der Waals surface area contributed by atoms with Crippen molar-refractivity contribution in [2.45, 2.75) is 44.6 Å². The lowest BCUT2D eigenvalue weighted by Gasteiger charge is -2.28. The Bertz CT molecular complexity index is 289. The molecule has 1 fully saturated rings. The Morgan fingerprint density at radius 2 is 1.71 bits per heavy atom. The summed E-state index contributed by atoms with van der Waals surface area (Å²) >= 11 is 0. The van der Waals surface area contributed by atoms with Crippen LogP contribution in [-0.2, 0) is 0 Å². The zero-order chi connectivity index (χ0) is 9.97. The summed E-state index contributed by atoms with van der Waals surface area (Å²) in [5, 5.41) is 0. The molecule has 0 aliphatic heterocycles. The van der Waals surface area contributed by atoms with Gasteiger partial charge in [-0.1, -0.05) is 42.7 Å². The molecule has 0 aromatic heterocycles. The minimum atomic E-state index is 0.381. The summed E-state index contributed by atoms with van der Waals surface area (Å²) in [6.45, 7) is 2.13. The lowest BCUT2D eigenvalue weighted by atomic mass is 9.80. The zero-order valence-electron chi connectivity index (χ0n) is 8.87. The van der Waals surface area contributed by atoms with Gasteiger partial charge >= 0.3 is 0 Å². The van der Waals surface area contributed by atoms with Gasteiger partial charge in [-0.3, -0.25) is 0 Å². The SMILES string of the molecule is Cc1ccc([C@@H]2CCCC[C@H]2N)cc1. The van der Waals surface area contributed by atoms with Crippen molar-refractivity contribution in [1.82, 2.24) is 0 Å². The number of rotatable bonds is 1. The van der Waals surface area contributed by atoms with Crippen LogP contribution in [0.25, 0.3) is 0 Å². The number of hydrogen-bond donors (Lipinski definition) is 1. The Morgan fingerprint density at radius 3 is 2.36 bits per heavy atom. The van der Waals surface area contributed by atoms with Gasteiger partial charge in [-0.05, 0) is 31.2 Å². The minimum Gasteiger partial charge on any atom is -0.327 e. The first-order valence-corrected chi connectivity index (χ1v) is 5.59. The van der Waals surface area contributed by atoms with Gasteiger partial charge in [0.1, 0.15) is 0 Å². The average Bonchev–Trinajstić information content (AvgIpc) is 2.20. The van der Waals surface area contributed by atoms with E-state index < -0.39 is 0 Å². The monoisotopic (exact) mass is 189 g/mol. The summed E-state index contributed by atoms with van der Waals surface area (Å²) in [5.41, 5.74) is 8.91. The number of benzene rings is 1. The van der Waals surface area contributed by atoms with Gasteiger partial charge < -0.3 is 5.73 Å². The first kappa shape index (κ1) is 9.72. The standard InChI is InChI=1S/C13H19N/c1-10-6-8-11(9-7-10)12-4-2-3-5-13(12)14/h6-9,12-13H,2-5,14H2,1H3/t12-,13+/m0/s1. The normalized spacial score (nSPS) is 27.6. The predicted molar refractivity (Wildman–Crippen MR) is 60.4 cm³/mol. The molecule has 1 aliphatic carbocycles. The van der Waals surface area contributed by atoms with Gasteiger partial charge in [0.05, 0.1) is 0 Å². The Morgan fingerprint density at radius 1 is 1.07 bits per heavy atom. The Balaban J connectivity index is 2.16. The molecule has 0 spiro atoms. The highest BCUT2D eigenvalue weighted by Crippen LogP contribution is 2.31. The molecular weight excluding hydrogens is 170 g/mol. The Hall–Kier alpha value is -0.820. The molecule has 0 unspecified atom stereocenters. The summed E-state index contributed by atoms with van der Waals surface area (Å²) in [7, 11) is 0. The van der Waals surface area contributed by atoms with Gasteiger partial charge in [-0.15, -0.1) is 0 Å². The summed E-state index contributed by atoms with van der Waals surface area (Å²) < 4.78 is 0. The molecule has 0 bridgehead atoms. The Labute approximate surface area is 86.3 Å². The van der Waals surface area contributed by atoms with E-state index in [1.807, 2.05) is 0 Å². The van der Waals surface area contributed by atoms with Gasteiger partial charge in [0, 0.05) is 6.04 Å². The van der Waals surface area contributed by atoms with E-state index in [-0.39, 0.29) is 0 Å². The van der Waals surface area contributed by atoms with E-state index >= 15 is 0 Å². The van der Waals surface area contributed by atoms with E-state index in [0.717, 1.165) is 0 Å². The molecule has 0 amide bonds. The minimum absolute atomic E-state index is 0.381. The molecule has 1 aromatic rings. The second-order valence-corrected chi connectivity index (χ2v) is 4.47. The van der Waals surface area contributed by atoms with Crippen LogP contribution in [0.3, 0.4) is 0 Å². The number of nitrogens with two attached hydrogens (primary N) is 1. The van der Waals surface area contributed by atoms with Crippen molar-refractivity contribution in [3.05, 3.63) is 35.4 Å². The van der Waals surface area contributed by atoms with E-state index in [2.05, 4.69) is 31.2 Å². The lowest BCUT2D eigenvalue weighted by molar-refractivity contribution is 0.385. The third-order valence-electron chi connectivity index (χ3n) is 3.32.